The highest BCUT2D eigenvalue weighted by Gasteiger charge is 2.08. The highest BCUT2D eigenvalue weighted by molar-refractivity contribution is 5.89. The van der Waals surface area contributed by atoms with Gasteiger partial charge in [0.25, 0.3) is 5.95 Å². The van der Waals surface area contributed by atoms with E-state index in [4.69, 9.17) is 9.15 Å². The predicted octanol–water partition coefficient (Wildman–Crippen LogP) is 2.17. The van der Waals surface area contributed by atoms with Crippen LogP contribution < -0.4 is 4.74 Å². The van der Waals surface area contributed by atoms with Crippen LogP contribution >= 0.6 is 0 Å². The molecule has 0 unspecified atom stereocenters. The second-order valence-corrected chi connectivity index (χ2v) is 3.38. The van der Waals surface area contributed by atoms with Crippen molar-refractivity contribution in [2.24, 2.45) is 0 Å². The molecule has 5 nitrogen and oxygen atoms in total. The minimum Gasteiger partial charge on any atom is -0.454 e. The lowest BCUT2D eigenvalue weighted by Gasteiger charge is -2.02. The Balaban J connectivity index is 1.91. The summed E-state index contributed by atoms with van der Waals surface area (Å²) in [6.45, 7) is 0.245. The van der Waals surface area contributed by atoms with Crippen LogP contribution in [-0.2, 0) is 16.1 Å². The van der Waals surface area contributed by atoms with Gasteiger partial charge >= 0.3 is 12.4 Å². The maximum Gasteiger partial charge on any atom is 0.338 e. The standard InChI is InChI=1S/C13H10O5/c14-9-17-12-7-6-11(18-12)8-16-13(15)10-4-2-1-3-5-10/h1-7,9H,8H2. The van der Waals surface area contributed by atoms with E-state index in [0.29, 0.717) is 11.3 Å². The number of esters is 1. The van der Waals surface area contributed by atoms with Gasteiger partial charge in [0.15, 0.2) is 0 Å². The Morgan fingerprint density at radius 2 is 1.94 bits per heavy atom. The monoisotopic (exact) mass is 246 g/mol. The highest BCUT2D eigenvalue weighted by Crippen LogP contribution is 2.16. The lowest BCUT2D eigenvalue weighted by molar-refractivity contribution is -0.121. The van der Waals surface area contributed by atoms with Crippen molar-refractivity contribution < 1.29 is 23.5 Å². The first-order valence-corrected chi connectivity index (χ1v) is 5.21. The van der Waals surface area contributed by atoms with E-state index < -0.39 is 5.97 Å². The molecule has 1 aromatic heterocycles. The van der Waals surface area contributed by atoms with Gasteiger partial charge in [-0.15, -0.1) is 0 Å². The molecule has 0 N–H and O–H groups in total. The smallest absolute Gasteiger partial charge is 0.338 e. The summed E-state index contributed by atoms with van der Waals surface area (Å²) in [5.41, 5.74) is 0.466. The van der Waals surface area contributed by atoms with E-state index in [0.717, 1.165) is 0 Å². The lowest BCUT2D eigenvalue weighted by Crippen LogP contribution is -2.04. The molecule has 2 aromatic rings. The fourth-order valence-electron chi connectivity index (χ4n) is 1.34. The van der Waals surface area contributed by atoms with Crippen LogP contribution in [0.15, 0.2) is 46.9 Å². The normalized spacial score (nSPS) is 9.78. The molecule has 0 aliphatic carbocycles. The third-order valence-electron chi connectivity index (χ3n) is 2.16. The lowest BCUT2D eigenvalue weighted by atomic mass is 10.2. The van der Waals surface area contributed by atoms with Gasteiger partial charge in [0.05, 0.1) is 5.56 Å². The van der Waals surface area contributed by atoms with Crippen LogP contribution in [-0.4, -0.2) is 12.4 Å². The van der Waals surface area contributed by atoms with Crippen molar-refractivity contribution >= 4 is 12.4 Å². The minimum absolute atomic E-state index is 0.0179. The molecule has 0 saturated carbocycles. The number of carbonyl (C=O) groups excluding carboxylic acids is 2. The van der Waals surface area contributed by atoms with Gasteiger partial charge in [0.1, 0.15) is 12.4 Å². The summed E-state index contributed by atoms with van der Waals surface area (Å²) in [6, 6.07) is 11.7. The molecule has 0 aliphatic heterocycles. The van der Waals surface area contributed by atoms with Gasteiger partial charge in [-0.2, -0.15) is 0 Å². The maximum absolute atomic E-state index is 11.6. The van der Waals surface area contributed by atoms with Crippen molar-refractivity contribution in [1.29, 1.82) is 0 Å². The second kappa shape index (κ2) is 5.67. The van der Waals surface area contributed by atoms with Crippen molar-refractivity contribution in [2.45, 2.75) is 6.61 Å². The molecule has 0 radical (unpaired) electrons. The molecule has 0 amide bonds. The zero-order chi connectivity index (χ0) is 12.8. The Bertz CT molecular complexity index is 529. The van der Waals surface area contributed by atoms with E-state index in [1.807, 2.05) is 6.07 Å². The molecule has 92 valence electrons. The highest BCUT2D eigenvalue weighted by atomic mass is 16.6. The number of furan rings is 1. The number of benzene rings is 1. The first-order chi connectivity index (χ1) is 8.79. The van der Waals surface area contributed by atoms with E-state index in [-0.39, 0.29) is 19.0 Å². The van der Waals surface area contributed by atoms with Gasteiger partial charge in [0.2, 0.25) is 0 Å². The summed E-state index contributed by atoms with van der Waals surface area (Å²) >= 11 is 0. The van der Waals surface area contributed by atoms with Crippen LogP contribution in [0.4, 0.5) is 0 Å². The van der Waals surface area contributed by atoms with E-state index in [9.17, 15) is 9.59 Å². The zero-order valence-corrected chi connectivity index (χ0v) is 9.37. The van der Waals surface area contributed by atoms with Crippen LogP contribution in [0, 0.1) is 0 Å². The summed E-state index contributed by atoms with van der Waals surface area (Å²) in [6.07, 6.45) is 0. The van der Waals surface area contributed by atoms with Gasteiger partial charge in [-0.3, -0.25) is 4.79 Å². The predicted molar refractivity (Wildman–Crippen MR) is 61.0 cm³/mol. The van der Waals surface area contributed by atoms with Gasteiger partial charge in [-0.05, 0) is 18.2 Å². The topological polar surface area (TPSA) is 65.7 Å². The average molecular weight is 246 g/mol. The number of hydrogen-bond donors (Lipinski definition) is 0. The van der Waals surface area contributed by atoms with Gasteiger partial charge in [0, 0.05) is 6.07 Å². The summed E-state index contributed by atoms with van der Waals surface area (Å²) in [4.78, 5) is 21.7. The first kappa shape index (κ1) is 11.9. The molecule has 0 fully saturated rings. The maximum atomic E-state index is 11.6. The van der Waals surface area contributed by atoms with Crippen molar-refractivity contribution in [3.8, 4) is 5.95 Å². The largest absolute Gasteiger partial charge is 0.454 e. The van der Waals surface area contributed by atoms with Crippen LogP contribution in [0.3, 0.4) is 0 Å². The molecule has 0 spiro atoms. The summed E-state index contributed by atoms with van der Waals surface area (Å²) < 4.78 is 14.6. The Kier molecular flexibility index (Phi) is 3.76. The van der Waals surface area contributed by atoms with Gasteiger partial charge in [-0.25, -0.2) is 4.79 Å². The van der Waals surface area contributed by atoms with Crippen LogP contribution in [0.2, 0.25) is 0 Å². The molecule has 0 atom stereocenters. The second-order valence-electron chi connectivity index (χ2n) is 3.38. The Labute approximate surface area is 103 Å². The van der Waals surface area contributed by atoms with Crippen molar-refractivity contribution in [2.75, 3.05) is 0 Å². The van der Waals surface area contributed by atoms with E-state index in [2.05, 4.69) is 4.74 Å². The van der Waals surface area contributed by atoms with E-state index in [1.165, 1.54) is 6.07 Å². The Morgan fingerprint density at radius 3 is 2.67 bits per heavy atom. The zero-order valence-electron chi connectivity index (χ0n) is 9.37. The molecular weight excluding hydrogens is 236 g/mol. The number of carbonyl (C=O) groups is 2. The van der Waals surface area contributed by atoms with E-state index >= 15 is 0 Å². The third-order valence-corrected chi connectivity index (χ3v) is 2.16. The fraction of sp³-hybridized carbons (Fsp3) is 0.0769. The fourth-order valence-corrected chi connectivity index (χ4v) is 1.34. The molecule has 0 bridgehead atoms. The quantitative estimate of drug-likeness (QED) is 0.597. The first-order valence-electron chi connectivity index (χ1n) is 5.21. The van der Waals surface area contributed by atoms with Crippen LogP contribution in [0.25, 0.3) is 0 Å². The molecule has 2 rings (SSSR count). The summed E-state index contributed by atoms with van der Waals surface area (Å²) in [7, 11) is 0. The molecule has 5 heteroatoms. The van der Waals surface area contributed by atoms with Crippen molar-refractivity contribution in [3.05, 3.63) is 53.8 Å². The molecule has 1 aromatic carbocycles. The summed E-state index contributed by atoms with van der Waals surface area (Å²) in [5, 5.41) is 0. The molecular formula is C13H10O5. The summed E-state index contributed by atoms with van der Waals surface area (Å²) in [5.74, 6) is 0.0248. The number of hydrogen-bond acceptors (Lipinski definition) is 5. The van der Waals surface area contributed by atoms with E-state index in [1.54, 1.807) is 30.3 Å². The SMILES string of the molecule is O=COc1ccc(COC(=O)c2ccccc2)o1. The van der Waals surface area contributed by atoms with Crippen LogP contribution in [0.5, 0.6) is 5.95 Å². The van der Waals surface area contributed by atoms with Crippen LogP contribution in [0.1, 0.15) is 16.1 Å². The van der Waals surface area contributed by atoms with Gasteiger partial charge in [-0.1, -0.05) is 18.2 Å². The number of ether oxygens (including phenoxy) is 2. The van der Waals surface area contributed by atoms with Crippen molar-refractivity contribution in [1.82, 2.24) is 0 Å². The molecule has 18 heavy (non-hydrogen) atoms. The third kappa shape index (κ3) is 2.98. The molecule has 0 aliphatic rings. The average Bonchev–Trinajstić information content (AvgIpc) is 2.85. The van der Waals surface area contributed by atoms with Gasteiger partial charge < -0.3 is 13.9 Å². The molecule has 1 heterocycles. The van der Waals surface area contributed by atoms with Crippen molar-refractivity contribution in [3.63, 3.8) is 0 Å². The number of rotatable bonds is 5. The minimum atomic E-state index is -0.440. The molecule has 0 saturated heterocycles. The Hall–Kier alpha value is -2.56. The Morgan fingerprint density at radius 1 is 1.17 bits per heavy atom.